The second-order valence-corrected chi connectivity index (χ2v) is 9.58. The Hall–Kier alpha value is -2.47. The van der Waals surface area contributed by atoms with Gasteiger partial charge in [-0.25, -0.2) is 0 Å². The van der Waals surface area contributed by atoms with Crippen molar-refractivity contribution in [3.05, 3.63) is 93.5 Å². The number of rotatable bonds is 3. The molecule has 1 fully saturated rings. The minimum Gasteiger partial charge on any atom is -0.304 e. The summed E-state index contributed by atoms with van der Waals surface area (Å²) >= 11 is 14.1. The quantitative estimate of drug-likeness (QED) is 0.488. The summed E-state index contributed by atoms with van der Waals surface area (Å²) in [4.78, 5) is 29.3. The molecule has 1 spiro atoms. The smallest absolute Gasteiger partial charge is 0.269 e. The summed E-state index contributed by atoms with van der Waals surface area (Å²) in [6, 6.07) is 20.6. The van der Waals surface area contributed by atoms with E-state index in [-0.39, 0.29) is 17.6 Å². The Bertz CT molecular complexity index is 1230. The first kappa shape index (κ1) is 20.4. The molecule has 156 valence electrons. The summed E-state index contributed by atoms with van der Waals surface area (Å²) in [5, 5.41) is 1.16. The molecule has 2 heterocycles. The van der Waals surface area contributed by atoms with Crippen LogP contribution >= 0.6 is 35.0 Å². The molecule has 1 saturated heterocycles. The normalized spacial score (nSPS) is 20.1. The van der Waals surface area contributed by atoms with Crippen molar-refractivity contribution in [3.63, 3.8) is 0 Å². The molecule has 3 aromatic rings. The monoisotopic (exact) mass is 468 g/mol. The SMILES string of the molecule is Cc1ccc(N2C(=O)CS[C@@]23C(=O)N(Cc2ccccc2Cl)c2ccccc23)cc1Cl. The van der Waals surface area contributed by atoms with Crippen molar-refractivity contribution in [3.8, 4) is 0 Å². The fourth-order valence-corrected chi connectivity index (χ4v) is 5.96. The lowest BCUT2D eigenvalue weighted by molar-refractivity contribution is -0.123. The maximum atomic E-state index is 14.0. The van der Waals surface area contributed by atoms with E-state index in [1.807, 2.05) is 67.6 Å². The van der Waals surface area contributed by atoms with Crippen molar-refractivity contribution in [1.82, 2.24) is 0 Å². The van der Waals surface area contributed by atoms with E-state index in [9.17, 15) is 9.59 Å². The van der Waals surface area contributed by atoms with Gasteiger partial charge >= 0.3 is 0 Å². The van der Waals surface area contributed by atoms with Crippen molar-refractivity contribution in [1.29, 1.82) is 0 Å². The van der Waals surface area contributed by atoms with Gasteiger partial charge in [-0.3, -0.25) is 14.5 Å². The number of anilines is 2. The third kappa shape index (κ3) is 3.06. The second-order valence-electron chi connectivity index (χ2n) is 7.60. The van der Waals surface area contributed by atoms with Gasteiger partial charge in [0.05, 0.1) is 18.0 Å². The Morgan fingerprint density at radius 3 is 2.48 bits per heavy atom. The van der Waals surface area contributed by atoms with Crippen molar-refractivity contribution in [2.75, 3.05) is 15.6 Å². The zero-order chi connectivity index (χ0) is 21.8. The van der Waals surface area contributed by atoms with E-state index in [1.165, 1.54) is 11.8 Å². The Morgan fingerprint density at radius 1 is 0.968 bits per heavy atom. The number of halogens is 2. The first-order valence-corrected chi connectivity index (χ1v) is 11.6. The van der Waals surface area contributed by atoms with Gasteiger partial charge in [0.2, 0.25) is 10.8 Å². The average molecular weight is 469 g/mol. The lowest BCUT2D eigenvalue weighted by Crippen LogP contribution is -2.49. The van der Waals surface area contributed by atoms with Gasteiger partial charge in [0.1, 0.15) is 0 Å². The Labute approximate surface area is 194 Å². The van der Waals surface area contributed by atoms with Crippen LogP contribution in [-0.4, -0.2) is 17.6 Å². The number of carbonyl (C=O) groups is 2. The van der Waals surface area contributed by atoms with Gasteiger partial charge in [0.15, 0.2) is 0 Å². The maximum absolute atomic E-state index is 14.0. The molecule has 7 heteroatoms. The van der Waals surface area contributed by atoms with E-state index >= 15 is 0 Å². The molecule has 3 aromatic carbocycles. The number of fused-ring (bicyclic) bond motifs is 2. The lowest BCUT2D eigenvalue weighted by Gasteiger charge is -2.33. The second kappa shape index (κ2) is 7.59. The highest BCUT2D eigenvalue weighted by Gasteiger charge is 2.60. The molecule has 0 aliphatic carbocycles. The van der Waals surface area contributed by atoms with Crippen LogP contribution in [0.1, 0.15) is 16.7 Å². The van der Waals surface area contributed by atoms with Gasteiger partial charge in [-0.2, -0.15) is 0 Å². The van der Waals surface area contributed by atoms with E-state index in [2.05, 4.69) is 0 Å². The Morgan fingerprint density at radius 2 is 1.71 bits per heavy atom. The van der Waals surface area contributed by atoms with Crippen LogP contribution in [0.5, 0.6) is 0 Å². The van der Waals surface area contributed by atoms with Crippen LogP contribution in [0.3, 0.4) is 0 Å². The molecule has 31 heavy (non-hydrogen) atoms. The summed E-state index contributed by atoms with van der Waals surface area (Å²) in [5.41, 5.74) is 3.98. The van der Waals surface area contributed by atoms with Gasteiger partial charge in [0.25, 0.3) is 5.91 Å². The predicted molar refractivity (Wildman–Crippen MR) is 127 cm³/mol. The number of thioether (sulfide) groups is 1. The Balaban J connectivity index is 1.66. The van der Waals surface area contributed by atoms with Crippen molar-refractivity contribution in [2.24, 2.45) is 0 Å². The third-order valence-corrected chi connectivity index (χ3v) is 7.93. The topological polar surface area (TPSA) is 40.6 Å². The lowest BCUT2D eigenvalue weighted by atomic mass is 10.0. The minimum atomic E-state index is -1.16. The van der Waals surface area contributed by atoms with Gasteiger partial charge < -0.3 is 4.90 Å². The number of benzene rings is 3. The zero-order valence-electron chi connectivity index (χ0n) is 16.6. The number of aryl methyl sites for hydroxylation is 1. The van der Waals surface area contributed by atoms with Crippen LogP contribution in [0.25, 0.3) is 0 Å². The standard InChI is InChI=1S/C24H18Cl2N2O2S/c1-15-10-11-17(12-20(15)26)28-22(29)14-31-24(28)18-7-3-5-9-21(18)27(23(24)30)13-16-6-2-4-8-19(16)25/h2-12H,13-14H2,1H3/t24-/m0/s1. The van der Waals surface area contributed by atoms with Crippen LogP contribution in [0.2, 0.25) is 10.0 Å². The number of amides is 2. The molecular weight excluding hydrogens is 451 g/mol. The highest BCUT2D eigenvalue weighted by molar-refractivity contribution is 8.02. The van der Waals surface area contributed by atoms with Gasteiger partial charge in [-0.15, -0.1) is 11.8 Å². The fraction of sp³-hybridized carbons (Fsp3) is 0.167. The van der Waals surface area contributed by atoms with Crippen LogP contribution in [0, 0.1) is 6.92 Å². The summed E-state index contributed by atoms with van der Waals surface area (Å²) in [7, 11) is 0. The van der Waals surface area contributed by atoms with Crippen LogP contribution in [0.15, 0.2) is 66.7 Å². The minimum absolute atomic E-state index is 0.118. The van der Waals surface area contributed by atoms with E-state index < -0.39 is 4.87 Å². The predicted octanol–water partition coefficient (Wildman–Crippen LogP) is 5.78. The highest BCUT2D eigenvalue weighted by Crippen LogP contribution is 2.56. The number of carbonyl (C=O) groups excluding carboxylic acids is 2. The molecule has 2 aliphatic rings. The molecule has 1 atom stereocenters. The number of nitrogens with zero attached hydrogens (tertiary/aromatic N) is 2. The number of hydrogen-bond donors (Lipinski definition) is 0. The molecule has 4 nitrogen and oxygen atoms in total. The van der Waals surface area contributed by atoms with Crippen molar-refractivity contribution < 1.29 is 9.59 Å². The Kier molecular flexibility index (Phi) is 5.00. The van der Waals surface area contributed by atoms with Crippen LogP contribution in [-0.2, 0) is 21.0 Å². The average Bonchev–Trinajstić information content (AvgIpc) is 3.23. The van der Waals surface area contributed by atoms with Crippen molar-refractivity contribution in [2.45, 2.75) is 18.3 Å². The molecule has 0 bridgehead atoms. The molecule has 0 aromatic heterocycles. The third-order valence-electron chi connectivity index (χ3n) is 5.76. The molecule has 0 saturated carbocycles. The number of hydrogen-bond acceptors (Lipinski definition) is 3. The first-order chi connectivity index (χ1) is 14.9. The number of para-hydroxylation sites is 1. The molecule has 0 radical (unpaired) electrons. The van der Waals surface area contributed by atoms with E-state index in [0.717, 1.165) is 22.4 Å². The largest absolute Gasteiger partial charge is 0.304 e. The van der Waals surface area contributed by atoms with Crippen LogP contribution in [0.4, 0.5) is 11.4 Å². The van der Waals surface area contributed by atoms with E-state index in [4.69, 9.17) is 23.2 Å². The molecule has 2 aliphatic heterocycles. The molecule has 0 unspecified atom stereocenters. The molecule has 2 amide bonds. The highest BCUT2D eigenvalue weighted by atomic mass is 35.5. The zero-order valence-corrected chi connectivity index (χ0v) is 19.0. The van der Waals surface area contributed by atoms with E-state index in [1.54, 1.807) is 15.9 Å². The maximum Gasteiger partial charge on any atom is 0.269 e. The van der Waals surface area contributed by atoms with Gasteiger partial charge in [-0.05, 0) is 42.3 Å². The van der Waals surface area contributed by atoms with Gasteiger partial charge in [0, 0.05) is 21.3 Å². The van der Waals surface area contributed by atoms with E-state index in [0.29, 0.717) is 22.3 Å². The summed E-state index contributed by atoms with van der Waals surface area (Å²) in [6.45, 7) is 2.23. The van der Waals surface area contributed by atoms with Gasteiger partial charge in [-0.1, -0.05) is 65.7 Å². The summed E-state index contributed by atoms with van der Waals surface area (Å²) < 4.78 is 0. The van der Waals surface area contributed by atoms with Crippen molar-refractivity contribution >= 4 is 58.2 Å². The molecule has 0 N–H and O–H groups in total. The first-order valence-electron chi connectivity index (χ1n) is 9.81. The fourth-order valence-electron chi connectivity index (χ4n) is 4.23. The molecule has 5 rings (SSSR count). The molecular formula is C24H18Cl2N2O2S. The van der Waals surface area contributed by atoms with Crippen LogP contribution < -0.4 is 9.80 Å². The summed E-state index contributed by atoms with van der Waals surface area (Å²) in [5.74, 6) is -0.0558. The summed E-state index contributed by atoms with van der Waals surface area (Å²) in [6.07, 6.45) is 0.